The summed E-state index contributed by atoms with van der Waals surface area (Å²) in [7, 11) is 0. The van der Waals surface area contributed by atoms with Crippen LogP contribution in [0.2, 0.25) is 0 Å². The highest BCUT2D eigenvalue weighted by molar-refractivity contribution is 8.00. The van der Waals surface area contributed by atoms with Crippen molar-refractivity contribution in [2.24, 2.45) is 0 Å². The van der Waals surface area contributed by atoms with Crippen LogP contribution < -0.4 is 5.73 Å². The number of nitrogen functional groups attached to an aromatic ring is 1. The predicted molar refractivity (Wildman–Crippen MR) is 66.4 cm³/mol. The zero-order valence-electron chi connectivity index (χ0n) is 9.19. The lowest BCUT2D eigenvalue weighted by atomic mass is 10.3. The van der Waals surface area contributed by atoms with E-state index >= 15 is 0 Å². The van der Waals surface area contributed by atoms with Gasteiger partial charge in [-0.25, -0.2) is 19.3 Å². The first-order valence-corrected chi connectivity index (χ1v) is 6.21. The number of halogens is 1. The van der Waals surface area contributed by atoms with Crippen molar-refractivity contribution in [1.29, 1.82) is 0 Å². The van der Waals surface area contributed by atoms with Gasteiger partial charge < -0.3 is 10.8 Å². The van der Waals surface area contributed by atoms with E-state index in [9.17, 15) is 4.39 Å². The number of rotatable bonds is 2. The molecule has 3 N–H and O–H groups in total. The van der Waals surface area contributed by atoms with Crippen LogP contribution in [0.3, 0.4) is 0 Å². The SMILES string of the molecule is Nc1ncnc2c1ncn2C1S[C@@H](CO)C=C1F. The summed E-state index contributed by atoms with van der Waals surface area (Å²) in [6, 6.07) is 0. The fourth-order valence-electron chi connectivity index (χ4n) is 1.87. The summed E-state index contributed by atoms with van der Waals surface area (Å²) in [4.78, 5) is 12.0. The predicted octanol–water partition coefficient (Wildman–Crippen LogP) is 0.868. The van der Waals surface area contributed by atoms with Gasteiger partial charge in [-0.3, -0.25) is 4.57 Å². The van der Waals surface area contributed by atoms with E-state index in [2.05, 4.69) is 15.0 Å². The van der Waals surface area contributed by atoms with E-state index in [-0.39, 0.29) is 23.5 Å². The lowest BCUT2D eigenvalue weighted by Crippen LogP contribution is -2.06. The molecule has 0 saturated heterocycles. The van der Waals surface area contributed by atoms with Crippen molar-refractivity contribution in [2.45, 2.75) is 10.6 Å². The number of imidazole rings is 1. The van der Waals surface area contributed by atoms with Gasteiger partial charge in [0.1, 0.15) is 23.0 Å². The first-order chi connectivity index (χ1) is 8.70. The minimum Gasteiger partial charge on any atom is -0.395 e. The van der Waals surface area contributed by atoms with Crippen LogP contribution in [0.1, 0.15) is 5.37 Å². The molecule has 0 fully saturated rings. The van der Waals surface area contributed by atoms with Crippen molar-refractivity contribution in [3.05, 3.63) is 24.6 Å². The van der Waals surface area contributed by atoms with Crippen molar-refractivity contribution in [3.8, 4) is 0 Å². The summed E-state index contributed by atoms with van der Waals surface area (Å²) in [5.74, 6) is -0.0413. The Labute approximate surface area is 106 Å². The number of hydrogen-bond acceptors (Lipinski definition) is 6. The van der Waals surface area contributed by atoms with Crippen LogP contribution in [-0.4, -0.2) is 36.5 Å². The molecule has 1 unspecified atom stereocenters. The van der Waals surface area contributed by atoms with Crippen LogP contribution in [0.5, 0.6) is 0 Å². The number of anilines is 1. The molecule has 2 aromatic rings. The van der Waals surface area contributed by atoms with E-state index in [1.54, 1.807) is 4.57 Å². The molecule has 1 aliphatic rings. The summed E-state index contributed by atoms with van der Waals surface area (Å²) >= 11 is 1.30. The van der Waals surface area contributed by atoms with E-state index < -0.39 is 5.37 Å². The summed E-state index contributed by atoms with van der Waals surface area (Å²) in [6.45, 7) is -0.0989. The fraction of sp³-hybridized carbons (Fsp3) is 0.300. The zero-order valence-corrected chi connectivity index (χ0v) is 10.0. The van der Waals surface area contributed by atoms with E-state index in [1.165, 1.54) is 30.5 Å². The molecule has 0 radical (unpaired) electrons. The second-order valence-corrected chi connectivity index (χ2v) is 5.17. The molecule has 0 spiro atoms. The molecule has 94 valence electrons. The Morgan fingerprint density at radius 3 is 3.00 bits per heavy atom. The Hall–Kier alpha value is -1.67. The maximum absolute atomic E-state index is 13.8. The van der Waals surface area contributed by atoms with Gasteiger partial charge in [0.15, 0.2) is 11.5 Å². The fourth-order valence-corrected chi connectivity index (χ4v) is 2.99. The van der Waals surface area contributed by atoms with Crippen molar-refractivity contribution in [1.82, 2.24) is 19.5 Å². The molecule has 0 aromatic carbocycles. The Kier molecular flexibility index (Phi) is 2.67. The maximum Gasteiger partial charge on any atom is 0.166 e. The molecule has 2 aromatic heterocycles. The summed E-state index contributed by atoms with van der Waals surface area (Å²) in [5.41, 5.74) is 6.62. The average molecular weight is 267 g/mol. The molecule has 0 bridgehead atoms. The molecule has 0 amide bonds. The molecule has 3 heterocycles. The van der Waals surface area contributed by atoms with E-state index in [1.807, 2.05) is 0 Å². The first-order valence-electron chi connectivity index (χ1n) is 5.27. The number of aliphatic hydroxyl groups is 1. The Balaban J connectivity index is 2.06. The van der Waals surface area contributed by atoms with Crippen LogP contribution in [0.15, 0.2) is 24.6 Å². The van der Waals surface area contributed by atoms with Gasteiger partial charge in [0.2, 0.25) is 0 Å². The third-order valence-corrected chi connectivity index (χ3v) is 4.05. The van der Waals surface area contributed by atoms with Gasteiger partial charge in [-0.1, -0.05) is 0 Å². The first kappa shape index (κ1) is 11.4. The monoisotopic (exact) mass is 267 g/mol. The van der Waals surface area contributed by atoms with Crippen molar-refractivity contribution >= 4 is 28.7 Å². The average Bonchev–Trinajstić information content (AvgIpc) is 2.93. The number of nitrogens with two attached hydrogens (primary N) is 1. The maximum atomic E-state index is 13.8. The molecule has 3 rings (SSSR count). The minimum absolute atomic E-state index is 0.0989. The van der Waals surface area contributed by atoms with Gasteiger partial charge in [-0.05, 0) is 6.08 Å². The van der Waals surface area contributed by atoms with Gasteiger partial charge in [-0.15, -0.1) is 11.8 Å². The minimum atomic E-state index is -0.554. The molecule has 2 atom stereocenters. The topological polar surface area (TPSA) is 89.9 Å². The Morgan fingerprint density at radius 2 is 2.28 bits per heavy atom. The van der Waals surface area contributed by atoms with Gasteiger partial charge in [-0.2, -0.15) is 0 Å². The van der Waals surface area contributed by atoms with Gasteiger partial charge >= 0.3 is 0 Å². The van der Waals surface area contributed by atoms with Crippen LogP contribution in [0.4, 0.5) is 10.2 Å². The standard InChI is InChI=1S/C10H10FN5OS/c11-6-1-5(2-17)18-10(6)16-4-15-7-8(12)13-3-14-9(7)16/h1,3-5,10,17H,2H2,(H2,12,13,14)/t5-,10?/m1/s1. The lowest BCUT2D eigenvalue weighted by Gasteiger charge is -2.12. The molecule has 1 aliphatic heterocycles. The second kappa shape index (κ2) is 4.21. The van der Waals surface area contributed by atoms with E-state index in [0.717, 1.165) is 0 Å². The molecule has 8 heteroatoms. The van der Waals surface area contributed by atoms with Crippen LogP contribution in [0.25, 0.3) is 11.2 Å². The number of nitrogens with zero attached hydrogens (tertiary/aromatic N) is 4. The Bertz CT molecular complexity index is 628. The molecule has 6 nitrogen and oxygen atoms in total. The second-order valence-electron chi connectivity index (χ2n) is 3.84. The Morgan fingerprint density at radius 1 is 1.44 bits per heavy atom. The smallest absolute Gasteiger partial charge is 0.166 e. The van der Waals surface area contributed by atoms with E-state index in [0.29, 0.717) is 11.2 Å². The third kappa shape index (κ3) is 1.65. The number of aromatic nitrogens is 4. The van der Waals surface area contributed by atoms with Gasteiger partial charge in [0.25, 0.3) is 0 Å². The number of thioether (sulfide) groups is 1. The van der Waals surface area contributed by atoms with Gasteiger partial charge in [0, 0.05) is 0 Å². The highest BCUT2D eigenvalue weighted by Crippen LogP contribution is 2.42. The van der Waals surface area contributed by atoms with Crippen molar-refractivity contribution in [2.75, 3.05) is 12.3 Å². The molecule has 18 heavy (non-hydrogen) atoms. The molecule has 0 saturated carbocycles. The summed E-state index contributed by atoms with van der Waals surface area (Å²) in [5, 5.41) is 8.26. The number of hydrogen-bond donors (Lipinski definition) is 2. The highest BCUT2D eigenvalue weighted by atomic mass is 32.2. The molecule has 0 aliphatic carbocycles. The van der Waals surface area contributed by atoms with Crippen LogP contribution >= 0.6 is 11.8 Å². The third-order valence-electron chi connectivity index (χ3n) is 2.70. The van der Waals surface area contributed by atoms with Crippen molar-refractivity contribution < 1.29 is 9.50 Å². The number of fused-ring (bicyclic) bond motifs is 1. The molecular formula is C10H10FN5OS. The summed E-state index contributed by atoms with van der Waals surface area (Å²) < 4.78 is 15.4. The van der Waals surface area contributed by atoms with Crippen LogP contribution in [-0.2, 0) is 0 Å². The molecular weight excluding hydrogens is 257 g/mol. The largest absolute Gasteiger partial charge is 0.395 e. The van der Waals surface area contributed by atoms with Crippen LogP contribution in [0, 0.1) is 0 Å². The summed E-state index contributed by atoms with van der Waals surface area (Å²) in [6.07, 6.45) is 4.22. The quantitative estimate of drug-likeness (QED) is 0.839. The van der Waals surface area contributed by atoms with Crippen molar-refractivity contribution in [3.63, 3.8) is 0 Å². The lowest BCUT2D eigenvalue weighted by molar-refractivity contribution is 0.307. The normalized spacial score (nSPS) is 23.6. The highest BCUT2D eigenvalue weighted by Gasteiger charge is 2.30. The van der Waals surface area contributed by atoms with Gasteiger partial charge in [0.05, 0.1) is 18.2 Å². The van der Waals surface area contributed by atoms with E-state index in [4.69, 9.17) is 10.8 Å². The zero-order chi connectivity index (χ0) is 12.7. The number of aliphatic hydroxyl groups excluding tert-OH is 1.